The van der Waals surface area contributed by atoms with Crippen molar-refractivity contribution in [1.82, 2.24) is 31.9 Å². The van der Waals surface area contributed by atoms with Crippen LogP contribution in [0.3, 0.4) is 0 Å². The Hall–Kier alpha value is -1.30. The molecule has 0 aromatic rings. The van der Waals surface area contributed by atoms with E-state index in [1.165, 1.54) is 12.8 Å². The lowest BCUT2D eigenvalue weighted by molar-refractivity contribution is -0.121. The maximum Gasteiger partial charge on any atom is 0.219 e. The van der Waals surface area contributed by atoms with Crippen LogP contribution in [0.1, 0.15) is 83.5 Å². The van der Waals surface area contributed by atoms with Gasteiger partial charge in [0, 0.05) is 25.9 Å². The Kier molecular flexibility index (Phi) is 29.8. The maximum atomic E-state index is 11.9. The summed E-state index contributed by atoms with van der Waals surface area (Å²) in [6.07, 6.45) is 12.3. The van der Waals surface area contributed by atoms with Crippen molar-refractivity contribution in [2.45, 2.75) is 83.5 Å². The fourth-order valence-corrected chi connectivity index (χ4v) is 3.76. The molecule has 10 heteroatoms. The molecule has 0 fully saturated rings. The third-order valence-corrected chi connectivity index (χ3v) is 6.04. The first-order valence-corrected chi connectivity index (χ1v) is 15.0. The normalized spacial score (nSPS) is 11.1. The van der Waals surface area contributed by atoms with Gasteiger partial charge in [-0.3, -0.25) is 9.59 Å². The van der Waals surface area contributed by atoms with Gasteiger partial charge in [-0.1, -0.05) is 6.42 Å². The average Bonchev–Trinajstić information content (AvgIpc) is 2.89. The topological polar surface area (TPSA) is 158 Å². The van der Waals surface area contributed by atoms with Crippen molar-refractivity contribution in [1.29, 1.82) is 0 Å². The molecule has 0 saturated carbocycles. The van der Waals surface area contributed by atoms with Crippen LogP contribution in [0.4, 0.5) is 0 Å². The zero-order chi connectivity index (χ0) is 27.1. The van der Waals surface area contributed by atoms with Crippen molar-refractivity contribution in [3.05, 3.63) is 0 Å². The van der Waals surface area contributed by atoms with Gasteiger partial charge in [-0.25, -0.2) is 0 Å². The van der Waals surface area contributed by atoms with Crippen molar-refractivity contribution in [2.24, 2.45) is 11.5 Å². The number of hydrogen-bond donors (Lipinski definition) is 8. The minimum atomic E-state index is 0.114. The third kappa shape index (κ3) is 30.8. The summed E-state index contributed by atoms with van der Waals surface area (Å²) in [5.41, 5.74) is 10.9. The summed E-state index contributed by atoms with van der Waals surface area (Å²) in [4.78, 5) is 23.8. The molecule has 10 nitrogen and oxygen atoms in total. The molecule has 0 saturated heterocycles. The summed E-state index contributed by atoms with van der Waals surface area (Å²) in [6, 6.07) is 0. The van der Waals surface area contributed by atoms with Gasteiger partial charge < -0.3 is 43.4 Å². The van der Waals surface area contributed by atoms with Gasteiger partial charge in [0.25, 0.3) is 0 Å². The lowest BCUT2D eigenvalue weighted by Crippen LogP contribution is -2.28. The monoisotopic (exact) mass is 528 g/mol. The second-order valence-electron chi connectivity index (χ2n) is 9.67. The predicted octanol–water partition coefficient (Wildman–Crippen LogP) is 0.566. The molecule has 0 radical (unpaired) electrons. The van der Waals surface area contributed by atoms with Gasteiger partial charge >= 0.3 is 0 Å². The van der Waals surface area contributed by atoms with E-state index in [-0.39, 0.29) is 11.8 Å². The molecular weight excluding hydrogens is 468 g/mol. The standard InChI is InChI=1S/C27H60N8O2/c28-14-8-20-30-16-4-6-18-32-22-10-24-34-26(36)12-2-1-3-13-27(37)35-25-11-23-33-19-7-5-17-31-21-9-15-29/h30-33H,1-25,28-29H2,(H,34,36)(H,35,37). The zero-order valence-electron chi connectivity index (χ0n) is 23.6. The average molecular weight is 529 g/mol. The number of amides is 2. The van der Waals surface area contributed by atoms with E-state index < -0.39 is 0 Å². The molecule has 0 heterocycles. The Morgan fingerprint density at radius 1 is 0.378 bits per heavy atom. The Morgan fingerprint density at radius 3 is 1.05 bits per heavy atom. The van der Waals surface area contributed by atoms with E-state index in [2.05, 4.69) is 31.9 Å². The molecule has 0 bridgehead atoms. The SMILES string of the molecule is NCCCNCCCCNCCCNC(=O)CCCCCC(=O)NCCCNCCCCNCCCN. The molecule has 0 aromatic heterocycles. The molecule has 0 aliphatic rings. The van der Waals surface area contributed by atoms with Gasteiger partial charge in [0.1, 0.15) is 0 Å². The van der Waals surface area contributed by atoms with E-state index in [0.717, 1.165) is 136 Å². The van der Waals surface area contributed by atoms with Gasteiger partial charge in [0.15, 0.2) is 0 Å². The van der Waals surface area contributed by atoms with E-state index in [1.807, 2.05) is 0 Å². The first kappa shape index (κ1) is 35.7. The van der Waals surface area contributed by atoms with Crippen molar-refractivity contribution < 1.29 is 9.59 Å². The van der Waals surface area contributed by atoms with E-state index in [1.54, 1.807) is 0 Å². The van der Waals surface area contributed by atoms with Gasteiger partial charge in [-0.15, -0.1) is 0 Å². The number of nitrogens with two attached hydrogens (primary N) is 2. The van der Waals surface area contributed by atoms with Crippen molar-refractivity contribution in [3.8, 4) is 0 Å². The second-order valence-corrected chi connectivity index (χ2v) is 9.67. The van der Waals surface area contributed by atoms with E-state index >= 15 is 0 Å². The molecule has 0 aliphatic carbocycles. The van der Waals surface area contributed by atoms with E-state index in [4.69, 9.17) is 11.5 Å². The highest BCUT2D eigenvalue weighted by Crippen LogP contribution is 2.03. The Labute approximate surface area is 227 Å². The minimum Gasteiger partial charge on any atom is -0.356 e. The third-order valence-electron chi connectivity index (χ3n) is 6.04. The van der Waals surface area contributed by atoms with E-state index in [9.17, 15) is 9.59 Å². The Balaban J connectivity index is 3.27. The van der Waals surface area contributed by atoms with Crippen molar-refractivity contribution in [3.63, 3.8) is 0 Å². The largest absolute Gasteiger partial charge is 0.356 e. The van der Waals surface area contributed by atoms with Gasteiger partial charge in [0.2, 0.25) is 11.8 Å². The molecule has 37 heavy (non-hydrogen) atoms. The molecule has 0 atom stereocenters. The molecule has 0 rings (SSSR count). The van der Waals surface area contributed by atoms with Crippen LogP contribution in [0.25, 0.3) is 0 Å². The highest BCUT2D eigenvalue weighted by atomic mass is 16.2. The van der Waals surface area contributed by atoms with Crippen LogP contribution in [0, 0.1) is 0 Å². The maximum absolute atomic E-state index is 11.9. The van der Waals surface area contributed by atoms with E-state index in [0.29, 0.717) is 12.8 Å². The van der Waals surface area contributed by atoms with Crippen molar-refractivity contribution >= 4 is 11.8 Å². The highest BCUT2D eigenvalue weighted by Gasteiger charge is 2.03. The van der Waals surface area contributed by atoms with Crippen LogP contribution in [-0.2, 0) is 9.59 Å². The molecule has 0 aromatic carbocycles. The molecule has 0 aliphatic heterocycles. The summed E-state index contributed by atoms with van der Waals surface area (Å²) in [6.45, 7) is 11.0. The van der Waals surface area contributed by atoms with Crippen LogP contribution < -0.4 is 43.4 Å². The van der Waals surface area contributed by atoms with Crippen LogP contribution >= 0.6 is 0 Å². The lowest BCUT2D eigenvalue weighted by atomic mass is 10.1. The van der Waals surface area contributed by atoms with Crippen LogP contribution in [0.5, 0.6) is 0 Å². The molecule has 10 N–H and O–H groups in total. The second kappa shape index (κ2) is 30.9. The summed E-state index contributed by atoms with van der Waals surface area (Å²) in [7, 11) is 0. The summed E-state index contributed by atoms with van der Waals surface area (Å²) >= 11 is 0. The summed E-state index contributed by atoms with van der Waals surface area (Å²) in [5, 5.41) is 19.6. The number of nitrogens with one attached hydrogen (secondary N) is 6. The number of rotatable bonds is 30. The molecule has 0 unspecified atom stereocenters. The smallest absolute Gasteiger partial charge is 0.219 e. The Bertz CT molecular complexity index is 455. The van der Waals surface area contributed by atoms with Gasteiger partial charge in [-0.2, -0.15) is 0 Å². The van der Waals surface area contributed by atoms with Crippen LogP contribution in [0.15, 0.2) is 0 Å². The van der Waals surface area contributed by atoms with Crippen LogP contribution in [-0.4, -0.2) is 90.4 Å². The highest BCUT2D eigenvalue weighted by molar-refractivity contribution is 5.76. The van der Waals surface area contributed by atoms with Gasteiger partial charge in [-0.05, 0) is 130 Å². The lowest BCUT2D eigenvalue weighted by Gasteiger charge is -2.08. The predicted molar refractivity (Wildman–Crippen MR) is 156 cm³/mol. The summed E-state index contributed by atoms with van der Waals surface area (Å²) < 4.78 is 0. The zero-order valence-corrected chi connectivity index (χ0v) is 23.6. The summed E-state index contributed by atoms with van der Waals surface area (Å²) in [5.74, 6) is 0.228. The number of carbonyl (C=O) groups is 2. The number of unbranched alkanes of at least 4 members (excludes halogenated alkanes) is 4. The molecule has 220 valence electrons. The molecule has 0 spiro atoms. The fourth-order valence-electron chi connectivity index (χ4n) is 3.76. The fraction of sp³-hybridized carbons (Fsp3) is 0.926. The first-order chi connectivity index (χ1) is 18.2. The minimum absolute atomic E-state index is 0.114. The van der Waals surface area contributed by atoms with Crippen LogP contribution in [0.2, 0.25) is 0 Å². The van der Waals surface area contributed by atoms with Gasteiger partial charge in [0.05, 0.1) is 0 Å². The number of hydrogen-bond acceptors (Lipinski definition) is 8. The van der Waals surface area contributed by atoms with Crippen molar-refractivity contribution in [2.75, 3.05) is 78.5 Å². The molecule has 2 amide bonds. The quantitative estimate of drug-likeness (QED) is 0.0628. The first-order valence-electron chi connectivity index (χ1n) is 15.0. The Morgan fingerprint density at radius 2 is 0.703 bits per heavy atom. The number of carbonyl (C=O) groups excluding carboxylic acids is 2. The molecular formula is C27H60N8O2.